The van der Waals surface area contributed by atoms with Gasteiger partial charge in [0.1, 0.15) is 0 Å². The van der Waals surface area contributed by atoms with E-state index in [-0.39, 0.29) is 30.1 Å². The van der Waals surface area contributed by atoms with Gasteiger partial charge >= 0.3 is 0 Å². The summed E-state index contributed by atoms with van der Waals surface area (Å²) in [5, 5.41) is 0. The second kappa shape index (κ2) is 7.11. The highest BCUT2D eigenvalue weighted by atomic mass is 32.1. The van der Waals surface area contributed by atoms with Crippen molar-refractivity contribution in [2.45, 2.75) is 57.1 Å². The Morgan fingerprint density at radius 1 is 1.40 bits per heavy atom. The molecule has 0 aromatic rings. The van der Waals surface area contributed by atoms with Crippen molar-refractivity contribution in [2.75, 3.05) is 6.54 Å². The number of hydrogen-bond donors (Lipinski definition) is 2. The van der Waals surface area contributed by atoms with E-state index in [4.69, 9.17) is 5.73 Å². The summed E-state index contributed by atoms with van der Waals surface area (Å²) in [6.07, 6.45) is 3.56. The Kier molecular flexibility index (Phi) is 6.05. The van der Waals surface area contributed by atoms with Gasteiger partial charge in [-0.1, -0.05) is 13.3 Å². The molecule has 1 heterocycles. The van der Waals surface area contributed by atoms with Crippen LogP contribution in [0.1, 0.15) is 52.4 Å². The molecule has 2 atom stereocenters. The van der Waals surface area contributed by atoms with E-state index in [0.717, 1.165) is 12.8 Å². The summed E-state index contributed by atoms with van der Waals surface area (Å²) in [4.78, 5) is 36.2. The molecule has 5 nitrogen and oxygen atoms in total. The molecule has 1 saturated heterocycles. The fourth-order valence-corrected chi connectivity index (χ4v) is 2.60. The van der Waals surface area contributed by atoms with Crippen molar-refractivity contribution in [1.29, 1.82) is 0 Å². The Labute approximate surface area is 125 Å². The van der Waals surface area contributed by atoms with E-state index >= 15 is 0 Å². The fourth-order valence-electron chi connectivity index (χ4n) is 2.40. The molecule has 3 amide bonds. The molecule has 0 saturated carbocycles. The Bertz CT molecular complexity index is 396. The van der Waals surface area contributed by atoms with Crippen molar-refractivity contribution in [1.82, 2.24) is 4.90 Å². The van der Waals surface area contributed by atoms with Gasteiger partial charge in [-0.15, -0.1) is 0 Å². The Morgan fingerprint density at radius 2 is 2.05 bits per heavy atom. The highest BCUT2D eigenvalue weighted by Crippen LogP contribution is 2.36. The summed E-state index contributed by atoms with van der Waals surface area (Å²) < 4.78 is -0.437. The number of amides is 3. The van der Waals surface area contributed by atoms with E-state index in [1.807, 2.05) is 13.8 Å². The van der Waals surface area contributed by atoms with Crippen molar-refractivity contribution in [2.24, 2.45) is 11.7 Å². The first-order chi connectivity index (χ1) is 9.29. The van der Waals surface area contributed by atoms with Crippen LogP contribution in [0, 0.1) is 5.92 Å². The molecule has 0 bridgehead atoms. The number of thiol groups is 1. The van der Waals surface area contributed by atoms with Crippen LogP contribution in [0.2, 0.25) is 0 Å². The number of carbonyl (C=O) groups excluding carboxylic acids is 3. The molecule has 2 N–H and O–H groups in total. The second-order valence-corrected chi connectivity index (χ2v) is 6.65. The van der Waals surface area contributed by atoms with Gasteiger partial charge < -0.3 is 5.73 Å². The van der Waals surface area contributed by atoms with Gasteiger partial charge in [-0.25, -0.2) is 0 Å². The molecule has 1 aliphatic heterocycles. The van der Waals surface area contributed by atoms with Crippen molar-refractivity contribution >= 4 is 30.4 Å². The number of nitrogens with zero attached hydrogens (tertiary/aromatic N) is 1. The predicted molar refractivity (Wildman–Crippen MR) is 80.2 cm³/mol. The molecule has 1 rings (SSSR count). The number of carbonyl (C=O) groups is 3. The molecule has 114 valence electrons. The quantitative estimate of drug-likeness (QED) is 0.405. The smallest absolute Gasteiger partial charge is 0.234 e. The number of rotatable bonds is 8. The summed E-state index contributed by atoms with van der Waals surface area (Å²) in [6.45, 7) is 4.31. The third-order valence-corrected chi connectivity index (χ3v) is 4.64. The summed E-state index contributed by atoms with van der Waals surface area (Å²) in [7, 11) is 0. The number of likely N-dealkylation sites (tertiary alicyclic amines) is 1. The zero-order chi connectivity index (χ0) is 15.3. The SMILES string of the molecule is CCC(C)(S)C1CC(=O)N(CCCCCC(N)=O)C1=O. The molecular weight excluding hydrogens is 276 g/mol. The minimum Gasteiger partial charge on any atom is -0.370 e. The monoisotopic (exact) mass is 300 g/mol. The van der Waals surface area contributed by atoms with Crippen LogP contribution in [0.15, 0.2) is 0 Å². The van der Waals surface area contributed by atoms with Crippen LogP contribution in [0.3, 0.4) is 0 Å². The largest absolute Gasteiger partial charge is 0.370 e. The second-order valence-electron chi connectivity index (χ2n) is 5.63. The average Bonchev–Trinajstić information content (AvgIpc) is 2.66. The summed E-state index contributed by atoms with van der Waals surface area (Å²) in [6, 6.07) is 0. The van der Waals surface area contributed by atoms with Gasteiger partial charge in [0.25, 0.3) is 0 Å². The van der Waals surface area contributed by atoms with E-state index in [9.17, 15) is 14.4 Å². The number of unbranched alkanes of at least 4 members (excludes halogenated alkanes) is 2. The van der Waals surface area contributed by atoms with Crippen LogP contribution in [0.5, 0.6) is 0 Å². The van der Waals surface area contributed by atoms with Gasteiger partial charge in [-0.2, -0.15) is 12.6 Å². The van der Waals surface area contributed by atoms with Gasteiger partial charge in [-0.05, 0) is 26.2 Å². The lowest BCUT2D eigenvalue weighted by Crippen LogP contribution is -2.37. The molecule has 0 spiro atoms. The van der Waals surface area contributed by atoms with E-state index in [2.05, 4.69) is 12.6 Å². The van der Waals surface area contributed by atoms with Crippen LogP contribution in [0.25, 0.3) is 0 Å². The molecule has 0 aromatic carbocycles. The minimum atomic E-state index is -0.437. The number of hydrogen-bond acceptors (Lipinski definition) is 4. The van der Waals surface area contributed by atoms with E-state index in [0.29, 0.717) is 25.8 Å². The normalized spacial score (nSPS) is 22.1. The zero-order valence-corrected chi connectivity index (χ0v) is 13.1. The van der Waals surface area contributed by atoms with Crippen LogP contribution in [-0.2, 0) is 14.4 Å². The van der Waals surface area contributed by atoms with Crippen molar-refractivity contribution in [3.8, 4) is 0 Å². The lowest BCUT2D eigenvalue weighted by atomic mass is 9.89. The fraction of sp³-hybridized carbons (Fsp3) is 0.786. The Hall–Kier alpha value is -1.04. The molecular formula is C14H24N2O3S. The molecule has 1 aliphatic rings. The maximum atomic E-state index is 12.3. The minimum absolute atomic E-state index is 0.107. The zero-order valence-electron chi connectivity index (χ0n) is 12.2. The third kappa shape index (κ3) is 4.23. The topological polar surface area (TPSA) is 80.5 Å². The molecule has 0 radical (unpaired) electrons. The summed E-state index contributed by atoms with van der Waals surface area (Å²) >= 11 is 4.52. The first-order valence-electron chi connectivity index (χ1n) is 7.14. The van der Waals surface area contributed by atoms with Crippen LogP contribution >= 0.6 is 12.6 Å². The van der Waals surface area contributed by atoms with Gasteiger partial charge in [-0.3, -0.25) is 19.3 Å². The number of nitrogens with two attached hydrogens (primary N) is 1. The van der Waals surface area contributed by atoms with E-state index in [1.165, 1.54) is 4.90 Å². The van der Waals surface area contributed by atoms with E-state index < -0.39 is 4.75 Å². The number of imide groups is 1. The highest BCUT2D eigenvalue weighted by Gasteiger charge is 2.46. The maximum Gasteiger partial charge on any atom is 0.234 e. The van der Waals surface area contributed by atoms with Crippen LogP contribution in [-0.4, -0.2) is 33.9 Å². The van der Waals surface area contributed by atoms with Crippen molar-refractivity contribution < 1.29 is 14.4 Å². The van der Waals surface area contributed by atoms with Crippen LogP contribution < -0.4 is 5.73 Å². The summed E-state index contributed by atoms with van der Waals surface area (Å²) in [5.41, 5.74) is 5.06. The van der Waals surface area contributed by atoms with Crippen LogP contribution in [0.4, 0.5) is 0 Å². The lowest BCUT2D eigenvalue weighted by molar-refractivity contribution is -0.139. The Balaban J connectivity index is 2.45. The van der Waals surface area contributed by atoms with Gasteiger partial charge in [0, 0.05) is 24.1 Å². The third-order valence-electron chi connectivity index (χ3n) is 4.02. The van der Waals surface area contributed by atoms with Crippen molar-refractivity contribution in [3.05, 3.63) is 0 Å². The van der Waals surface area contributed by atoms with Gasteiger partial charge in [0.05, 0.1) is 5.92 Å². The number of primary amides is 1. The standard InChI is InChI=1S/C14H24N2O3S/c1-3-14(2,20)10-9-12(18)16(13(10)19)8-6-4-5-7-11(15)17/h10,20H,3-9H2,1-2H3,(H2,15,17). The lowest BCUT2D eigenvalue weighted by Gasteiger charge is -2.27. The predicted octanol–water partition coefficient (Wildman–Crippen LogP) is 1.51. The molecule has 1 fully saturated rings. The first-order valence-corrected chi connectivity index (χ1v) is 7.59. The first kappa shape index (κ1) is 17.0. The average molecular weight is 300 g/mol. The molecule has 6 heteroatoms. The van der Waals surface area contributed by atoms with Gasteiger partial charge in [0.2, 0.25) is 17.7 Å². The maximum absolute atomic E-state index is 12.3. The molecule has 20 heavy (non-hydrogen) atoms. The summed E-state index contributed by atoms with van der Waals surface area (Å²) in [5.74, 6) is -0.853. The van der Waals surface area contributed by atoms with E-state index in [1.54, 1.807) is 0 Å². The van der Waals surface area contributed by atoms with Crippen molar-refractivity contribution in [3.63, 3.8) is 0 Å². The highest BCUT2D eigenvalue weighted by molar-refractivity contribution is 7.81. The Morgan fingerprint density at radius 3 is 2.60 bits per heavy atom. The molecule has 2 unspecified atom stereocenters. The molecule has 0 aliphatic carbocycles. The molecule has 0 aromatic heterocycles. The van der Waals surface area contributed by atoms with Gasteiger partial charge in [0.15, 0.2) is 0 Å².